The van der Waals surface area contributed by atoms with Crippen LogP contribution in [0.4, 0.5) is 0 Å². The Morgan fingerprint density at radius 2 is 2.33 bits per heavy atom. The minimum atomic E-state index is -0.347. The molecule has 1 amide bonds. The summed E-state index contributed by atoms with van der Waals surface area (Å²) in [6, 6.07) is 5.57. The second-order valence-electron chi connectivity index (χ2n) is 5.13. The molecule has 1 N–H and O–H groups in total. The van der Waals surface area contributed by atoms with Crippen LogP contribution < -0.4 is 10.9 Å². The molecule has 0 fully saturated rings. The molecule has 3 aromatic rings. The van der Waals surface area contributed by atoms with Crippen molar-refractivity contribution in [2.45, 2.75) is 13.0 Å². The number of hydrogen-bond acceptors (Lipinski definition) is 6. The zero-order valence-corrected chi connectivity index (χ0v) is 14.0. The summed E-state index contributed by atoms with van der Waals surface area (Å²) in [6.07, 6.45) is 2.16. The minimum Gasteiger partial charge on any atom is -0.385 e. The zero-order chi connectivity index (χ0) is 16.9. The van der Waals surface area contributed by atoms with E-state index in [1.54, 1.807) is 24.5 Å². The predicted octanol–water partition coefficient (Wildman–Crippen LogP) is 0.772. The first-order valence-electron chi connectivity index (χ1n) is 7.44. The molecule has 126 valence electrons. The van der Waals surface area contributed by atoms with Gasteiger partial charge in [-0.05, 0) is 23.9 Å². The third-order valence-corrected chi connectivity index (χ3v) is 4.30. The van der Waals surface area contributed by atoms with Crippen LogP contribution in [0.5, 0.6) is 0 Å². The molecule has 0 aliphatic heterocycles. The smallest absolute Gasteiger partial charge is 0.293 e. The molecule has 0 aliphatic carbocycles. The van der Waals surface area contributed by atoms with E-state index in [4.69, 9.17) is 4.74 Å². The number of carbonyl (C=O) groups is 1. The predicted molar refractivity (Wildman–Crippen MR) is 90.1 cm³/mol. The third kappa shape index (κ3) is 3.52. The summed E-state index contributed by atoms with van der Waals surface area (Å²) >= 11 is 1.55. The normalized spacial score (nSPS) is 11.0. The molecule has 0 spiro atoms. The van der Waals surface area contributed by atoms with Gasteiger partial charge in [-0.1, -0.05) is 6.07 Å². The number of methoxy groups -OCH3 is 1. The molecule has 24 heavy (non-hydrogen) atoms. The Balaban J connectivity index is 1.76. The lowest BCUT2D eigenvalue weighted by atomic mass is 10.3. The molecule has 0 bridgehead atoms. The van der Waals surface area contributed by atoms with Gasteiger partial charge in [0.05, 0.1) is 4.88 Å². The van der Waals surface area contributed by atoms with Gasteiger partial charge < -0.3 is 10.1 Å². The Labute approximate surface area is 141 Å². The van der Waals surface area contributed by atoms with Crippen LogP contribution >= 0.6 is 11.3 Å². The van der Waals surface area contributed by atoms with E-state index in [1.807, 2.05) is 17.5 Å². The highest BCUT2D eigenvalue weighted by Crippen LogP contribution is 2.23. The Morgan fingerprint density at radius 3 is 3.08 bits per heavy atom. The standard InChI is InChI=1S/C15H17N5O3S/c1-23-6-3-5-16-14(21)9-19-15(22)12-8-11(13-4-2-7-24-13)18-20(12)10-17-19/h2,4,7-8,10H,3,5-6,9H2,1H3,(H,16,21). The maximum atomic E-state index is 12.5. The summed E-state index contributed by atoms with van der Waals surface area (Å²) in [5, 5.41) is 13.0. The van der Waals surface area contributed by atoms with Crippen molar-refractivity contribution in [1.29, 1.82) is 0 Å². The lowest BCUT2D eigenvalue weighted by Gasteiger charge is -2.06. The fourth-order valence-electron chi connectivity index (χ4n) is 2.23. The molecule has 8 nitrogen and oxygen atoms in total. The molecular formula is C15H17N5O3S. The number of ether oxygens (including phenoxy) is 1. The van der Waals surface area contributed by atoms with Crippen LogP contribution in [-0.2, 0) is 16.1 Å². The summed E-state index contributed by atoms with van der Waals surface area (Å²) in [6.45, 7) is 0.951. The first kappa shape index (κ1) is 16.3. The van der Waals surface area contributed by atoms with Crippen LogP contribution in [0, 0.1) is 0 Å². The van der Waals surface area contributed by atoms with Crippen LogP contribution in [0.15, 0.2) is 34.7 Å². The fraction of sp³-hybridized carbons (Fsp3) is 0.333. The number of carbonyl (C=O) groups excluding carboxylic acids is 1. The summed E-state index contributed by atoms with van der Waals surface area (Å²) < 4.78 is 7.49. The molecule has 0 saturated carbocycles. The first-order chi connectivity index (χ1) is 11.7. The first-order valence-corrected chi connectivity index (χ1v) is 8.32. The van der Waals surface area contributed by atoms with Crippen molar-refractivity contribution in [3.63, 3.8) is 0 Å². The summed E-state index contributed by atoms with van der Waals surface area (Å²) in [5.74, 6) is -0.261. The van der Waals surface area contributed by atoms with E-state index in [0.29, 0.717) is 24.4 Å². The topological polar surface area (TPSA) is 90.5 Å². The number of nitrogens with one attached hydrogen (secondary N) is 1. The van der Waals surface area contributed by atoms with Crippen LogP contribution in [0.3, 0.4) is 0 Å². The lowest BCUT2D eigenvalue weighted by Crippen LogP contribution is -2.34. The molecule has 0 unspecified atom stereocenters. The number of rotatable bonds is 7. The second kappa shape index (κ2) is 7.37. The van der Waals surface area contributed by atoms with Gasteiger partial charge in [-0.15, -0.1) is 11.3 Å². The van der Waals surface area contributed by atoms with Gasteiger partial charge in [0.25, 0.3) is 5.56 Å². The molecular weight excluding hydrogens is 330 g/mol. The van der Waals surface area contributed by atoms with Crippen molar-refractivity contribution in [1.82, 2.24) is 24.7 Å². The maximum absolute atomic E-state index is 12.5. The van der Waals surface area contributed by atoms with E-state index in [9.17, 15) is 9.59 Å². The number of thiophene rings is 1. The van der Waals surface area contributed by atoms with Gasteiger partial charge in [-0.3, -0.25) is 9.59 Å². The van der Waals surface area contributed by atoms with Crippen LogP contribution in [-0.4, -0.2) is 45.6 Å². The van der Waals surface area contributed by atoms with E-state index < -0.39 is 0 Å². The third-order valence-electron chi connectivity index (χ3n) is 3.40. The highest BCUT2D eigenvalue weighted by Gasteiger charge is 2.12. The molecule has 9 heteroatoms. The fourth-order valence-corrected chi connectivity index (χ4v) is 2.91. The van der Waals surface area contributed by atoms with Crippen LogP contribution in [0.2, 0.25) is 0 Å². The molecule has 0 atom stereocenters. The van der Waals surface area contributed by atoms with Crippen LogP contribution in [0.1, 0.15) is 6.42 Å². The minimum absolute atomic E-state index is 0.123. The van der Waals surface area contributed by atoms with Gasteiger partial charge in [-0.2, -0.15) is 10.2 Å². The number of amides is 1. The van der Waals surface area contributed by atoms with Crippen molar-refractivity contribution in [3.8, 4) is 10.6 Å². The Hall–Kier alpha value is -2.52. The van der Waals surface area contributed by atoms with E-state index in [0.717, 1.165) is 16.0 Å². The Morgan fingerprint density at radius 1 is 1.46 bits per heavy atom. The van der Waals surface area contributed by atoms with Crippen molar-refractivity contribution in [3.05, 3.63) is 40.3 Å². The average molecular weight is 347 g/mol. The average Bonchev–Trinajstić information content (AvgIpc) is 3.23. The zero-order valence-electron chi connectivity index (χ0n) is 13.1. The maximum Gasteiger partial charge on any atom is 0.293 e. The van der Waals surface area contributed by atoms with Crippen molar-refractivity contribution in [2.75, 3.05) is 20.3 Å². The summed E-state index contributed by atoms with van der Waals surface area (Å²) in [5.41, 5.74) is 0.756. The van der Waals surface area contributed by atoms with E-state index in [1.165, 1.54) is 10.8 Å². The van der Waals surface area contributed by atoms with Gasteiger partial charge in [0.15, 0.2) is 0 Å². The number of aromatic nitrogens is 4. The second-order valence-corrected chi connectivity index (χ2v) is 6.07. The monoisotopic (exact) mass is 347 g/mol. The quantitative estimate of drug-likeness (QED) is 0.638. The van der Waals surface area contributed by atoms with E-state index in [-0.39, 0.29) is 18.0 Å². The molecule has 0 aliphatic rings. The molecule has 0 radical (unpaired) electrons. The van der Waals surface area contributed by atoms with Gasteiger partial charge >= 0.3 is 0 Å². The van der Waals surface area contributed by atoms with E-state index >= 15 is 0 Å². The molecule has 3 rings (SSSR count). The van der Waals surface area contributed by atoms with Gasteiger partial charge in [-0.25, -0.2) is 9.20 Å². The summed E-state index contributed by atoms with van der Waals surface area (Å²) in [4.78, 5) is 25.3. The Bertz CT molecular complexity index is 884. The SMILES string of the molecule is COCCCNC(=O)Cn1ncn2nc(-c3cccs3)cc2c1=O. The number of nitrogens with zero attached hydrogens (tertiary/aromatic N) is 4. The van der Waals surface area contributed by atoms with Gasteiger partial charge in [0, 0.05) is 20.3 Å². The van der Waals surface area contributed by atoms with E-state index in [2.05, 4.69) is 15.5 Å². The lowest BCUT2D eigenvalue weighted by molar-refractivity contribution is -0.121. The molecule has 0 aromatic carbocycles. The molecule has 0 saturated heterocycles. The van der Waals surface area contributed by atoms with Crippen molar-refractivity contribution in [2.24, 2.45) is 0 Å². The van der Waals surface area contributed by atoms with Gasteiger partial charge in [0.2, 0.25) is 5.91 Å². The van der Waals surface area contributed by atoms with Crippen LogP contribution in [0.25, 0.3) is 16.1 Å². The number of fused-ring (bicyclic) bond motifs is 1. The van der Waals surface area contributed by atoms with Gasteiger partial charge in [0.1, 0.15) is 24.1 Å². The largest absolute Gasteiger partial charge is 0.385 e. The molecule has 3 heterocycles. The summed E-state index contributed by atoms with van der Waals surface area (Å²) in [7, 11) is 1.61. The van der Waals surface area contributed by atoms with Crippen molar-refractivity contribution < 1.29 is 9.53 Å². The Kier molecular flexibility index (Phi) is 5.02. The highest BCUT2D eigenvalue weighted by atomic mass is 32.1. The highest BCUT2D eigenvalue weighted by molar-refractivity contribution is 7.13. The molecule has 3 aromatic heterocycles. The number of hydrogen-bond donors (Lipinski definition) is 1. The van der Waals surface area contributed by atoms with Crippen molar-refractivity contribution >= 4 is 22.8 Å².